The lowest BCUT2D eigenvalue weighted by Gasteiger charge is -2.40. The molecule has 1 fully saturated rings. The van der Waals surface area contributed by atoms with Crippen LogP contribution in [0.5, 0.6) is 5.75 Å². The summed E-state index contributed by atoms with van der Waals surface area (Å²) >= 11 is 7.77. The third-order valence-electron chi connectivity index (χ3n) is 2.97. The molecule has 1 aromatic heterocycles. The van der Waals surface area contributed by atoms with Crippen molar-refractivity contribution in [2.24, 2.45) is 5.41 Å². The lowest BCUT2D eigenvalue weighted by atomic mass is 9.71. The number of aromatic nitrogens is 1. The van der Waals surface area contributed by atoms with Gasteiger partial charge in [0, 0.05) is 16.1 Å². The Labute approximate surface area is 104 Å². The van der Waals surface area contributed by atoms with Crippen LogP contribution in [-0.2, 0) is 0 Å². The summed E-state index contributed by atoms with van der Waals surface area (Å²) in [5, 5.41) is 0. The molecule has 0 aliphatic heterocycles. The zero-order valence-corrected chi connectivity index (χ0v) is 10.9. The van der Waals surface area contributed by atoms with Crippen molar-refractivity contribution in [1.29, 1.82) is 0 Å². The SMILES string of the molecule is SCC1(COc2cncc(Br)c2)CCC1. The molecule has 1 heterocycles. The van der Waals surface area contributed by atoms with E-state index in [1.54, 1.807) is 12.4 Å². The second-order valence-electron chi connectivity index (χ2n) is 4.14. The first kappa shape index (κ1) is 11.3. The average molecular weight is 288 g/mol. The molecule has 2 nitrogen and oxygen atoms in total. The summed E-state index contributed by atoms with van der Waals surface area (Å²) in [7, 11) is 0. The second-order valence-corrected chi connectivity index (χ2v) is 5.37. The third-order valence-corrected chi connectivity index (χ3v) is 4.08. The summed E-state index contributed by atoms with van der Waals surface area (Å²) in [6.07, 6.45) is 7.27. The van der Waals surface area contributed by atoms with Crippen LogP contribution in [-0.4, -0.2) is 17.3 Å². The predicted molar refractivity (Wildman–Crippen MR) is 67.6 cm³/mol. The van der Waals surface area contributed by atoms with E-state index in [0.29, 0.717) is 5.41 Å². The normalized spacial score (nSPS) is 18.3. The maximum absolute atomic E-state index is 5.74. The van der Waals surface area contributed by atoms with Crippen molar-refractivity contribution >= 4 is 28.6 Å². The molecule has 1 aliphatic carbocycles. The van der Waals surface area contributed by atoms with Gasteiger partial charge in [0.25, 0.3) is 0 Å². The number of rotatable bonds is 4. The molecule has 0 N–H and O–H groups in total. The lowest BCUT2D eigenvalue weighted by Crippen LogP contribution is -2.37. The molecule has 0 aromatic carbocycles. The molecule has 0 spiro atoms. The van der Waals surface area contributed by atoms with Crippen LogP contribution >= 0.6 is 28.6 Å². The number of ether oxygens (including phenoxy) is 1. The highest BCUT2D eigenvalue weighted by molar-refractivity contribution is 9.10. The van der Waals surface area contributed by atoms with Crippen molar-refractivity contribution in [1.82, 2.24) is 4.98 Å². The van der Waals surface area contributed by atoms with Crippen LogP contribution in [0.25, 0.3) is 0 Å². The molecule has 1 aromatic rings. The van der Waals surface area contributed by atoms with Gasteiger partial charge in [0.05, 0.1) is 12.8 Å². The van der Waals surface area contributed by atoms with Crippen molar-refractivity contribution in [2.75, 3.05) is 12.4 Å². The van der Waals surface area contributed by atoms with E-state index < -0.39 is 0 Å². The number of hydrogen-bond acceptors (Lipinski definition) is 3. The van der Waals surface area contributed by atoms with E-state index in [-0.39, 0.29) is 0 Å². The van der Waals surface area contributed by atoms with Crippen LogP contribution in [0.3, 0.4) is 0 Å². The summed E-state index contributed by atoms with van der Waals surface area (Å²) in [4.78, 5) is 4.06. The molecule has 0 unspecified atom stereocenters. The Morgan fingerprint density at radius 3 is 2.80 bits per heavy atom. The number of hydrogen-bond donors (Lipinski definition) is 1. The fourth-order valence-electron chi connectivity index (χ4n) is 1.73. The monoisotopic (exact) mass is 287 g/mol. The first-order valence-electron chi connectivity index (χ1n) is 5.08. The quantitative estimate of drug-likeness (QED) is 0.859. The third kappa shape index (κ3) is 2.67. The fourth-order valence-corrected chi connectivity index (χ4v) is 2.48. The number of halogens is 1. The van der Waals surface area contributed by atoms with Crippen LogP contribution in [0, 0.1) is 5.41 Å². The minimum Gasteiger partial charge on any atom is -0.491 e. The Kier molecular flexibility index (Phi) is 3.57. The van der Waals surface area contributed by atoms with Gasteiger partial charge in [-0.1, -0.05) is 6.42 Å². The Bertz CT molecular complexity index is 336. The van der Waals surface area contributed by atoms with Crippen molar-refractivity contribution < 1.29 is 4.74 Å². The zero-order chi connectivity index (χ0) is 10.7. The highest BCUT2D eigenvalue weighted by Gasteiger charge is 2.36. The summed E-state index contributed by atoms with van der Waals surface area (Å²) in [6.45, 7) is 0.759. The summed E-state index contributed by atoms with van der Waals surface area (Å²) in [5.74, 6) is 1.74. The molecule has 1 saturated carbocycles. The van der Waals surface area contributed by atoms with Crippen LogP contribution < -0.4 is 4.74 Å². The number of pyridine rings is 1. The Morgan fingerprint density at radius 2 is 2.27 bits per heavy atom. The van der Waals surface area contributed by atoms with Crippen LogP contribution in [0.2, 0.25) is 0 Å². The van der Waals surface area contributed by atoms with Crippen molar-refractivity contribution in [3.8, 4) is 5.75 Å². The van der Waals surface area contributed by atoms with Crippen molar-refractivity contribution in [3.05, 3.63) is 22.9 Å². The van der Waals surface area contributed by atoms with E-state index in [2.05, 4.69) is 33.5 Å². The van der Waals surface area contributed by atoms with Gasteiger partial charge in [-0.2, -0.15) is 12.6 Å². The Hall–Kier alpha value is -0.220. The maximum atomic E-state index is 5.74. The van der Waals surface area contributed by atoms with E-state index in [1.807, 2.05) is 6.07 Å². The molecule has 0 amide bonds. The molecule has 1 aliphatic rings. The topological polar surface area (TPSA) is 22.1 Å². The summed E-state index contributed by atoms with van der Waals surface area (Å²) in [6, 6.07) is 1.94. The van der Waals surface area contributed by atoms with Gasteiger partial charge in [-0.15, -0.1) is 0 Å². The number of nitrogens with zero attached hydrogens (tertiary/aromatic N) is 1. The molecule has 0 saturated heterocycles. The standard InChI is InChI=1S/C11H14BrNOS/c12-9-4-10(6-13-5-9)14-7-11(8-15)2-1-3-11/h4-6,15H,1-3,7-8H2. The highest BCUT2D eigenvalue weighted by Crippen LogP contribution is 2.42. The van der Waals surface area contributed by atoms with E-state index in [0.717, 1.165) is 22.6 Å². The molecule has 15 heavy (non-hydrogen) atoms. The minimum absolute atomic E-state index is 0.311. The van der Waals surface area contributed by atoms with Gasteiger partial charge >= 0.3 is 0 Å². The first-order valence-corrected chi connectivity index (χ1v) is 6.51. The van der Waals surface area contributed by atoms with E-state index in [9.17, 15) is 0 Å². The summed E-state index contributed by atoms with van der Waals surface area (Å²) < 4.78 is 6.70. The fraction of sp³-hybridized carbons (Fsp3) is 0.545. The lowest BCUT2D eigenvalue weighted by molar-refractivity contribution is 0.0827. The van der Waals surface area contributed by atoms with Crippen molar-refractivity contribution in [3.63, 3.8) is 0 Å². The van der Waals surface area contributed by atoms with Gasteiger partial charge < -0.3 is 4.74 Å². The van der Waals surface area contributed by atoms with Gasteiger partial charge in [0.1, 0.15) is 5.75 Å². The van der Waals surface area contributed by atoms with E-state index in [4.69, 9.17) is 4.74 Å². The van der Waals surface area contributed by atoms with E-state index in [1.165, 1.54) is 19.3 Å². The van der Waals surface area contributed by atoms with E-state index >= 15 is 0 Å². The largest absolute Gasteiger partial charge is 0.491 e. The smallest absolute Gasteiger partial charge is 0.138 e. The summed E-state index contributed by atoms with van der Waals surface area (Å²) in [5.41, 5.74) is 0.311. The Balaban J connectivity index is 1.92. The molecule has 0 bridgehead atoms. The highest BCUT2D eigenvalue weighted by atomic mass is 79.9. The van der Waals surface area contributed by atoms with Gasteiger partial charge in [0.2, 0.25) is 0 Å². The van der Waals surface area contributed by atoms with Gasteiger partial charge in [0.15, 0.2) is 0 Å². The molecule has 4 heteroatoms. The molecular weight excluding hydrogens is 274 g/mol. The van der Waals surface area contributed by atoms with Crippen molar-refractivity contribution in [2.45, 2.75) is 19.3 Å². The van der Waals surface area contributed by atoms with Gasteiger partial charge in [-0.25, -0.2) is 0 Å². The molecule has 82 valence electrons. The minimum atomic E-state index is 0.311. The van der Waals surface area contributed by atoms with Crippen LogP contribution in [0.4, 0.5) is 0 Å². The zero-order valence-electron chi connectivity index (χ0n) is 8.45. The maximum Gasteiger partial charge on any atom is 0.138 e. The number of thiol groups is 1. The Morgan fingerprint density at radius 1 is 1.47 bits per heavy atom. The molecule has 0 radical (unpaired) electrons. The van der Waals surface area contributed by atoms with Gasteiger partial charge in [-0.3, -0.25) is 4.98 Å². The van der Waals surface area contributed by atoms with Gasteiger partial charge in [-0.05, 0) is 40.6 Å². The van der Waals surface area contributed by atoms with Crippen LogP contribution in [0.1, 0.15) is 19.3 Å². The first-order chi connectivity index (χ1) is 7.24. The van der Waals surface area contributed by atoms with Crippen LogP contribution in [0.15, 0.2) is 22.9 Å². The molecular formula is C11H14BrNOS. The molecule has 0 atom stereocenters. The predicted octanol–water partition coefficient (Wildman–Crippen LogP) is 3.32. The average Bonchev–Trinajstić information content (AvgIpc) is 2.17. The molecule has 2 rings (SSSR count). The second kappa shape index (κ2) is 4.74.